The third kappa shape index (κ3) is 2.46. The highest BCUT2D eigenvalue weighted by atomic mass is 79.9. The summed E-state index contributed by atoms with van der Waals surface area (Å²) in [6.45, 7) is 0. The van der Waals surface area contributed by atoms with Gasteiger partial charge in [0.05, 0.1) is 6.04 Å². The smallest absolute Gasteiger partial charge is 0.124 e. The van der Waals surface area contributed by atoms with E-state index in [4.69, 9.17) is 5.84 Å². The van der Waals surface area contributed by atoms with Gasteiger partial charge in [-0.2, -0.15) is 0 Å². The number of nitrogens with two attached hydrogens (primary N) is 1. The molecule has 98 valence electrons. The van der Waals surface area contributed by atoms with Crippen LogP contribution in [0.2, 0.25) is 0 Å². The fraction of sp³-hybridized carbons (Fsp3) is 0.0769. The third-order valence-electron chi connectivity index (χ3n) is 2.86. The van der Waals surface area contributed by atoms with Crippen molar-refractivity contribution in [1.82, 2.24) is 5.43 Å². The Kier molecular flexibility index (Phi) is 3.68. The zero-order chi connectivity index (χ0) is 13.4. The third-order valence-corrected chi connectivity index (χ3v) is 5.96. The lowest BCUT2D eigenvalue weighted by molar-refractivity contribution is 0.630. The Morgan fingerprint density at radius 3 is 2.79 bits per heavy atom. The number of rotatable bonds is 3. The molecule has 0 spiro atoms. The van der Waals surface area contributed by atoms with Crippen molar-refractivity contribution in [2.75, 3.05) is 0 Å². The van der Waals surface area contributed by atoms with Crippen LogP contribution < -0.4 is 11.3 Å². The SMILES string of the molecule is NNC(c1cc2ccc(F)cc2s1)c1sccc1Br. The molecule has 19 heavy (non-hydrogen) atoms. The van der Waals surface area contributed by atoms with E-state index in [0.717, 1.165) is 24.3 Å². The highest BCUT2D eigenvalue weighted by Crippen LogP contribution is 2.38. The van der Waals surface area contributed by atoms with Crippen LogP contribution >= 0.6 is 38.6 Å². The van der Waals surface area contributed by atoms with E-state index in [1.807, 2.05) is 11.4 Å². The number of hydrogen-bond donors (Lipinski definition) is 2. The molecule has 1 atom stereocenters. The molecule has 6 heteroatoms. The van der Waals surface area contributed by atoms with Gasteiger partial charge in [-0.25, -0.2) is 9.82 Å². The van der Waals surface area contributed by atoms with Crippen LogP contribution in [0.25, 0.3) is 10.1 Å². The van der Waals surface area contributed by atoms with Crippen LogP contribution in [0.5, 0.6) is 0 Å². The van der Waals surface area contributed by atoms with Crippen LogP contribution in [0, 0.1) is 5.82 Å². The second-order valence-corrected chi connectivity index (χ2v) is 6.98. The molecule has 0 fully saturated rings. The summed E-state index contributed by atoms with van der Waals surface area (Å²) in [5.74, 6) is 5.47. The number of hydrazine groups is 1. The first kappa shape index (κ1) is 13.2. The standard InChI is InChI=1S/C13H10BrFN2S2/c14-9-3-4-18-13(9)12(17-16)11-5-7-1-2-8(15)6-10(7)19-11/h1-6,12,17H,16H2. The van der Waals surface area contributed by atoms with Crippen molar-refractivity contribution in [3.8, 4) is 0 Å². The molecule has 2 heterocycles. The van der Waals surface area contributed by atoms with E-state index in [1.165, 1.54) is 6.07 Å². The number of fused-ring (bicyclic) bond motifs is 1. The second-order valence-electron chi connectivity index (χ2n) is 4.06. The summed E-state index contributed by atoms with van der Waals surface area (Å²) >= 11 is 6.71. The highest BCUT2D eigenvalue weighted by Gasteiger charge is 2.19. The van der Waals surface area contributed by atoms with Crippen LogP contribution in [0.4, 0.5) is 4.39 Å². The van der Waals surface area contributed by atoms with Gasteiger partial charge in [-0.15, -0.1) is 22.7 Å². The number of halogens is 2. The quantitative estimate of drug-likeness (QED) is 0.538. The number of nitrogens with one attached hydrogen (secondary N) is 1. The molecule has 1 aromatic carbocycles. The van der Waals surface area contributed by atoms with Crippen molar-refractivity contribution in [2.45, 2.75) is 6.04 Å². The Balaban J connectivity index is 2.09. The molecule has 0 saturated carbocycles. The van der Waals surface area contributed by atoms with E-state index < -0.39 is 0 Å². The number of thiophene rings is 2. The Morgan fingerprint density at radius 1 is 1.26 bits per heavy atom. The lowest BCUT2D eigenvalue weighted by Crippen LogP contribution is -2.27. The summed E-state index contributed by atoms with van der Waals surface area (Å²) in [5, 5.41) is 3.05. The maximum absolute atomic E-state index is 13.2. The molecule has 2 aromatic heterocycles. The molecule has 3 N–H and O–H groups in total. The number of benzene rings is 1. The maximum Gasteiger partial charge on any atom is 0.124 e. The van der Waals surface area contributed by atoms with Gasteiger partial charge in [0.25, 0.3) is 0 Å². The summed E-state index contributed by atoms with van der Waals surface area (Å²) in [5.41, 5.74) is 2.83. The molecule has 0 aliphatic carbocycles. The first-order valence-corrected chi connectivity index (χ1v) is 8.06. The van der Waals surface area contributed by atoms with Gasteiger partial charge in [0.2, 0.25) is 0 Å². The Bertz CT molecular complexity index is 722. The molecule has 0 bridgehead atoms. The molecule has 0 aliphatic rings. The van der Waals surface area contributed by atoms with Crippen molar-refractivity contribution in [3.05, 3.63) is 55.8 Å². The minimum Gasteiger partial charge on any atom is -0.271 e. The van der Waals surface area contributed by atoms with Crippen LogP contribution in [-0.2, 0) is 0 Å². The van der Waals surface area contributed by atoms with Gasteiger partial charge in [-0.3, -0.25) is 5.84 Å². The van der Waals surface area contributed by atoms with E-state index in [9.17, 15) is 4.39 Å². The summed E-state index contributed by atoms with van der Waals surface area (Å²) in [6, 6.07) is 8.80. The fourth-order valence-corrected chi connectivity index (χ4v) is 4.88. The molecule has 0 amide bonds. The van der Waals surface area contributed by atoms with Gasteiger partial charge in [0, 0.05) is 18.9 Å². The van der Waals surface area contributed by atoms with Crippen molar-refractivity contribution in [3.63, 3.8) is 0 Å². The van der Waals surface area contributed by atoms with Crippen molar-refractivity contribution < 1.29 is 4.39 Å². The zero-order valence-corrected chi connectivity index (χ0v) is 12.9. The normalized spacial score (nSPS) is 13.0. The van der Waals surface area contributed by atoms with Crippen LogP contribution in [0.1, 0.15) is 15.8 Å². The van der Waals surface area contributed by atoms with Crippen molar-refractivity contribution in [1.29, 1.82) is 0 Å². The van der Waals surface area contributed by atoms with Gasteiger partial charge in [-0.05, 0) is 51.0 Å². The lowest BCUT2D eigenvalue weighted by Gasteiger charge is -2.12. The van der Waals surface area contributed by atoms with Crippen LogP contribution in [0.15, 0.2) is 40.2 Å². The van der Waals surface area contributed by atoms with Crippen LogP contribution in [-0.4, -0.2) is 0 Å². The monoisotopic (exact) mass is 356 g/mol. The summed E-state index contributed by atoms with van der Waals surface area (Å²) in [4.78, 5) is 2.20. The second kappa shape index (κ2) is 5.30. The first-order chi connectivity index (χ1) is 9.19. The summed E-state index contributed by atoms with van der Waals surface area (Å²) < 4.78 is 15.2. The molecule has 0 radical (unpaired) electrons. The molecule has 3 rings (SSSR count). The van der Waals surface area contributed by atoms with E-state index in [1.54, 1.807) is 34.8 Å². The molecule has 2 nitrogen and oxygen atoms in total. The van der Waals surface area contributed by atoms with Crippen LogP contribution in [0.3, 0.4) is 0 Å². The predicted octanol–water partition coefficient (Wildman–Crippen LogP) is 4.42. The van der Waals surface area contributed by atoms with Crippen molar-refractivity contribution >= 4 is 48.7 Å². The minimum atomic E-state index is -0.213. The van der Waals surface area contributed by atoms with Gasteiger partial charge in [-0.1, -0.05) is 6.07 Å². The van der Waals surface area contributed by atoms with E-state index in [2.05, 4.69) is 27.4 Å². The van der Waals surface area contributed by atoms with Gasteiger partial charge in [0.1, 0.15) is 5.82 Å². The van der Waals surface area contributed by atoms with Gasteiger partial charge in [0.15, 0.2) is 0 Å². The largest absolute Gasteiger partial charge is 0.271 e. The van der Waals surface area contributed by atoms with Gasteiger partial charge >= 0.3 is 0 Å². The number of hydrogen-bond acceptors (Lipinski definition) is 4. The zero-order valence-electron chi connectivity index (χ0n) is 9.69. The lowest BCUT2D eigenvalue weighted by atomic mass is 10.2. The summed E-state index contributed by atoms with van der Waals surface area (Å²) in [7, 11) is 0. The molecule has 0 saturated heterocycles. The van der Waals surface area contributed by atoms with Crippen molar-refractivity contribution in [2.24, 2.45) is 5.84 Å². The first-order valence-electron chi connectivity index (χ1n) is 5.57. The van der Waals surface area contributed by atoms with E-state index in [-0.39, 0.29) is 11.9 Å². The Labute approximate surface area is 126 Å². The maximum atomic E-state index is 13.2. The molecule has 1 unspecified atom stereocenters. The summed E-state index contributed by atoms with van der Waals surface area (Å²) in [6.07, 6.45) is 0. The average molecular weight is 357 g/mol. The topological polar surface area (TPSA) is 38.0 Å². The fourth-order valence-electron chi connectivity index (χ4n) is 1.97. The molecule has 0 aliphatic heterocycles. The molecule has 3 aromatic rings. The average Bonchev–Trinajstić information content (AvgIpc) is 2.97. The highest BCUT2D eigenvalue weighted by molar-refractivity contribution is 9.10. The Morgan fingerprint density at radius 2 is 2.11 bits per heavy atom. The van der Waals surface area contributed by atoms with E-state index >= 15 is 0 Å². The minimum absolute atomic E-state index is 0.0742. The molecular formula is C13H10BrFN2S2. The Hall–Kier alpha value is -0.790. The predicted molar refractivity (Wildman–Crippen MR) is 83.0 cm³/mol. The van der Waals surface area contributed by atoms with Gasteiger partial charge < -0.3 is 0 Å². The molecular weight excluding hydrogens is 347 g/mol. The van der Waals surface area contributed by atoms with E-state index in [0.29, 0.717) is 0 Å².